The topological polar surface area (TPSA) is 123 Å². The molecular formula is C23H20ClN5O5S. The number of nitrogens with one attached hydrogen (secondary N) is 2. The molecule has 10 nitrogen and oxygen atoms in total. The fourth-order valence-electron chi connectivity index (χ4n) is 3.88. The highest BCUT2D eigenvalue weighted by molar-refractivity contribution is 7.15. The first-order valence-corrected chi connectivity index (χ1v) is 12.1. The van der Waals surface area contributed by atoms with Crippen LogP contribution in [0.2, 0.25) is 5.02 Å². The van der Waals surface area contributed by atoms with Crippen molar-refractivity contribution in [2.24, 2.45) is 5.92 Å². The van der Waals surface area contributed by atoms with E-state index >= 15 is 0 Å². The summed E-state index contributed by atoms with van der Waals surface area (Å²) in [6, 6.07) is 11.9. The lowest BCUT2D eigenvalue weighted by Gasteiger charge is -2.31. The van der Waals surface area contributed by atoms with E-state index in [0.717, 1.165) is 11.3 Å². The number of carbonyl (C=O) groups is 3. The van der Waals surface area contributed by atoms with Crippen LogP contribution in [0, 0.1) is 5.92 Å². The Labute approximate surface area is 209 Å². The fraction of sp³-hybridized carbons (Fsp3) is 0.261. The van der Waals surface area contributed by atoms with Crippen molar-refractivity contribution in [1.82, 2.24) is 15.1 Å². The number of likely N-dealkylation sites (tertiary alicyclic amines) is 1. The smallest absolute Gasteiger partial charge is 0.286 e. The molecule has 5 rings (SSSR count). The average Bonchev–Trinajstić information content (AvgIpc) is 3.53. The molecule has 2 aromatic carbocycles. The van der Waals surface area contributed by atoms with Gasteiger partial charge >= 0.3 is 0 Å². The summed E-state index contributed by atoms with van der Waals surface area (Å²) in [5, 5.41) is 14.0. The molecule has 3 aromatic rings. The minimum Gasteiger partial charge on any atom is -0.454 e. The molecule has 2 aliphatic rings. The highest BCUT2D eigenvalue weighted by Crippen LogP contribution is 2.34. The molecule has 35 heavy (non-hydrogen) atoms. The van der Waals surface area contributed by atoms with Crippen molar-refractivity contribution < 1.29 is 23.9 Å². The van der Waals surface area contributed by atoms with Crippen molar-refractivity contribution in [3.63, 3.8) is 0 Å². The van der Waals surface area contributed by atoms with Gasteiger partial charge in [0.25, 0.3) is 11.8 Å². The van der Waals surface area contributed by atoms with E-state index < -0.39 is 5.91 Å². The Morgan fingerprint density at radius 2 is 1.80 bits per heavy atom. The quantitative estimate of drug-likeness (QED) is 0.533. The summed E-state index contributed by atoms with van der Waals surface area (Å²) in [6.07, 6.45) is 1.34. The maximum absolute atomic E-state index is 13.0. The second-order valence-electron chi connectivity index (χ2n) is 8.02. The van der Waals surface area contributed by atoms with Crippen LogP contribution in [0.5, 0.6) is 11.5 Å². The maximum Gasteiger partial charge on any atom is 0.286 e. The van der Waals surface area contributed by atoms with Crippen LogP contribution in [0.15, 0.2) is 42.5 Å². The summed E-state index contributed by atoms with van der Waals surface area (Å²) >= 11 is 6.89. The Morgan fingerprint density at radius 1 is 1.00 bits per heavy atom. The molecule has 0 bridgehead atoms. The second kappa shape index (κ2) is 9.88. The summed E-state index contributed by atoms with van der Waals surface area (Å²) < 4.78 is 10.6. The molecule has 1 atom stereocenters. The Morgan fingerprint density at radius 3 is 2.66 bits per heavy atom. The van der Waals surface area contributed by atoms with Crippen LogP contribution in [0.25, 0.3) is 0 Å². The van der Waals surface area contributed by atoms with Crippen LogP contribution in [0.4, 0.5) is 11.4 Å². The summed E-state index contributed by atoms with van der Waals surface area (Å²) in [6.45, 7) is 0.885. The number of nitrogens with zero attached hydrogens (tertiary/aromatic N) is 3. The third-order valence-electron chi connectivity index (χ3n) is 5.60. The van der Waals surface area contributed by atoms with Crippen LogP contribution in [0.3, 0.4) is 0 Å². The first-order chi connectivity index (χ1) is 17.0. The number of amides is 3. The van der Waals surface area contributed by atoms with Gasteiger partial charge in [-0.1, -0.05) is 29.0 Å². The molecular weight excluding hydrogens is 494 g/mol. The molecule has 0 saturated carbocycles. The third kappa shape index (κ3) is 5.20. The van der Waals surface area contributed by atoms with Crippen molar-refractivity contribution in [3.8, 4) is 11.5 Å². The average molecular weight is 514 g/mol. The van der Waals surface area contributed by atoms with Gasteiger partial charge in [-0.2, -0.15) is 0 Å². The predicted molar refractivity (Wildman–Crippen MR) is 129 cm³/mol. The molecule has 3 heterocycles. The second-order valence-corrected chi connectivity index (χ2v) is 9.44. The highest BCUT2D eigenvalue weighted by atomic mass is 35.5. The monoisotopic (exact) mass is 513 g/mol. The lowest BCUT2D eigenvalue weighted by molar-refractivity contribution is -0.121. The van der Waals surface area contributed by atoms with Crippen LogP contribution in [-0.2, 0) is 4.79 Å². The number of piperidine rings is 1. The van der Waals surface area contributed by atoms with Crippen LogP contribution in [-0.4, -0.2) is 52.7 Å². The molecule has 0 spiro atoms. The number of aromatic nitrogens is 2. The van der Waals surface area contributed by atoms with Crippen molar-refractivity contribution in [2.75, 3.05) is 30.5 Å². The van der Waals surface area contributed by atoms with E-state index in [-0.39, 0.29) is 41.1 Å². The van der Waals surface area contributed by atoms with Gasteiger partial charge in [-0.25, -0.2) is 0 Å². The number of ether oxygens (including phenoxy) is 2. The number of halogens is 1. The molecule has 0 aliphatic carbocycles. The number of hydrogen-bond donors (Lipinski definition) is 2. The van der Waals surface area contributed by atoms with Gasteiger partial charge in [0.15, 0.2) is 11.5 Å². The predicted octanol–water partition coefficient (Wildman–Crippen LogP) is 3.66. The number of rotatable bonds is 5. The zero-order valence-corrected chi connectivity index (χ0v) is 19.9. The first-order valence-electron chi connectivity index (χ1n) is 10.9. The zero-order valence-electron chi connectivity index (χ0n) is 18.3. The minimum absolute atomic E-state index is 0.0540. The minimum atomic E-state index is -0.488. The van der Waals surface area contributed by atoms with E-state index in [1.54, 1.807) is 47.4 Å². The summed E-state index contributed by atoms with van der Waals surface area (Å²) in [5.74, 6) is -0.246. The number of hydrogen-bond acceptors (Lipinski definition) is 8. The molecule has 12 heteroatoms. The lowest BCUT2D eigenvalue weighted by atomic mass is 9.97. The molecule has 1 aromatic heterocycles. The zero-order chi connectivity index (χ0) is 24.4. The molecule has 180 valence electrons. The van der Waals surface area contributed by atoms with E-state index in [0.29, 0.717) is 47.3 Å². The Balaban J connectivity index is 1.20. The van der Waals surface area contributed by atoms with Gasteiger partial charge in [-0.15, -0.1) is 10.2 Å². The molecule has 1 fully saturated rings. The summed E-state index contributed by atoms with van der Waals surface area (Å²) in [5.41, 5.74) is 1.11. The van der Waals surface area contributed by atoms with Crippen molar-refractivity contribution in [1.29, 1.82) is 0 Å². The van der Waals surface area contributed by atoms with Gasteiger partial charge in [0.1, 0.15) is 0 Å². The molecule has 0 radical (unpaired) electrons. The molecule has 0 unspecified atom stereocenters. The van der Waals surface area contributed by atoms with E-state index in [1.807, 2.05) is 0 Å². The Bertz CT molecular complexity index is 1300. The number of anilines is 2. The SMILES string of the molecule is O=C(Nc1ccc2c(c1)OCO2)c1nnc(C(=O)N2CCC[C@@H](C(=O)Nc3cccc(Cl)c3)C2)s1. The fourth-order valence-corrected chi connectivity index (χ4v) is 4.78. The van der Waals surface area contributed by atoms with Gasteiger partial charge < -0.3 is 25.0 Å². The molecule has 2 aliphatic heterocycles. The van der Waals surface area contributed by atoms with Crippen LogP contribution < -0.4 is 20.1 Å². The van der Waals surface area contributed by atoms with E-state index in [1.165, 1.54) is 0 Å². The van der Waals surface area contributed by atoms with Crippen molar-refractivity contribution >= 4 is 52.0 Å². The number of benzene rings is 2. The van der Waals surface area contributed by atoms with Gasteiger partial charge in [0.2, 0.25) is 22.7 Å². The largest absolute Gasteiger partial charge is 0.454 e. The van der Waals surface area contributed by atoms with E-state index in [9.17, 15) is 14.4 Å². The molecule has 2 N–H and O–H groups in total. The standard InChI is InChI=1S/C23H20ClN5O5S/c24-14-4-1-5-15(9-14)25-19(30)13-3-2-8-29(11-13)23(32)22-28-27-21(35-22)20(31)26-16-6-7-17-18(10-16)34-12-33-17/h1,4-7,9-10,13H,2-3,8,11-12H2,(H,25,30)(H,26,31)/t13-/m1/s1. The number of carbonyl (C=O) groups excluding carboxylic acids is 3. The van der Waals surface area contributed by atoms with Crippen molar-refractivity contribution in [2.45, 2.75) is 12.8 Å². The maximum atomic E-state index is 13.0. The van der Waals surface area contributed by atoms with Crippen molar-refractivity contribution in [3.05, 3.63) is 57.5 Å². The van der Waals surface area contributed by atoms with Crippen LogP contribution >= 0.6 is 22.9 Å². The third-order valence-corrected chi connectivity index (χ3v) is 6.75. The Hall–Kier alpha value is -3.70. The van der Waals surface area contributed by atoms with Gasteiger partial charge in [0, 0.05) is 35.6 Å². The summed E-state index contributed by atoms with van der Waals surface area (Å²) in [4.78, 5) is 39.9. The van der Waals surface area contributed by atoms with Crippen LogP contribution in [0.1, 0.15) is 32.4 Å². The molecule has 1 saturated heterocycles. The Kier molecular flexibility index (Phi) is 6.51. The normalized spacial score (nSPS) is 16.6. The summed E-state index contributed by atoms with van der Waals surface area (Å²) in [7, 11) is 0. The highest BCUT2D eigenvalue weighted by Gasteiger charge is 2.31. The van der Waals surface area contributed by atoms with Gasteiger partial charge in [-0.3, -0.25) is 14.4 Å². The first kappa shape index (κ1) is 23.1. The van der Waals surface area contributed by atoms with Gasteiger partial charge in [-0.05, 0) is 43.2 Å². The lowest BCUT2D eigenvalue weighted by Crippen LogP contribution is -2.43. The van der Waals surface area contributed by atoms with E-state index in [2.05, 4.69) is 20.8 Å². The van der Waals surface area contributed by atoms with E-state index in [4.69, 9.17) is 21.1 Å². The molecule has 3 amide bonds. The van der Waals surface area contributed by atoms with Gasteiger partial charge in [0.05, 0.1) is 5.92 Å². The number of fused-ring (bicyclic) bond motifs is 1.